The fourth-order valence-electron chi connectivity index (χ4n) is 1.57. The number of nitrogen functional groups attached to an aromatic ring is 1. The Morgan fingerprint density at radius 2 is 1.72 bits per heavy atom. The zero-order valence-corrected chi connectivity index (χ0v) is 10.3. The van der Waals surface area contributed by atoms with Crippen molar-refractivity contribution in [3.8, 4) is 22.1 Å². The number of anilines is 1. The van der Waals surface area contributed by atoms with E-state index in [2.05, 4.69) is 15.0 Å². The van der Waals surface area contributed by atoms with Gasteiger partial charge < -0.3 is 5.73 Å². The van der Waals surface area contributed by atoms with Crippen molar-refractivity contribution < 1.29 is 0 Å². The lowest BCUT2D eigenvalue weighted by atomic mass is 10.1. The highest BCUT2D eigenvalue weighted by Gasteiger charge is 2.07. The van der Waals surface area contributed by atoms with Gasteiger partial charge in [-0.3, -0.25) is 0 Å². The summed E-state index contributed by atoms with van der Waals surface area (Å²) in [5.74, 6) is 0.657. The molecule has 2 N–H and O–H groups in total. The normalized spacial score (nSPS) is 10.4. The van der Waals surface area contributed by atoms with E-state index in [4.69, 9.17) is 5.73 Å². The van der Waals surface area contributed by atoms with Crippen LogP contribution in [0.4, 0.5) is 5.69 Å². The molecule has 2 aromatic heterocycles. The summed E-state index contributed by atoms with van der Waals surface area (Å²) in [6.07, 6.45) is 3.43. The zero-order valence-electron chi connectivity index (χ0n) is 9.45. The van der Waals surface area contributed by atoms with Crippen LogP contribution in [0.25, 0.3) is 22.1 Å². The summed E-state index contributed by atoms with van der Waals surface area (Å²) in [6.45, 7) is 0. The minimum Gasteiger partial charge on any atom is -0.399 e. The first-order valence-electron chi connectivity index (χ1n) is 5.42. The number of hydrogen-bond donors (Lipinski definition) is 1. The van der Waals surface area contributed by atoms with Crippen LogP contribution in [0.5, 0.6) is 0 Å². The molecule has 5 heteroatoms. The third kappa shape index (κ3) is 2.08. The fourth-order valence-corrected chi connectivity index (χ4v) is 2.35. The molecule has 0 bridgehead atoms. The number of rotatable bonds is 2. The molecule has 0 atom stereocenters. The number of nitrogens with two attached hydrogens (primary N) is 1. The Kier molecular flexibility index (Phi) is 2.74. The molecule has 3 rings (SSSR count). The van der Waals surface area contributed by atoms with E-state index < -0.39 is 0 Å². The van der Waals surface area contributed by atoms with Gasteiger partial charge in [-0.15, -0.1) is 11.3 Å². The topological polar surface area (TPSA) is 64.7 Å². The highest BCUT2D eigenvalue weighted by atomic mass is 32.1. The van der Waals surface area contributed by atoms with Crippen LogP contribution in [0.15, 0.2) is 48.1 Å². The van der Waals surface area contributed by atoms with Crippen molar-refractivity contribution in [2.24, 2.45) is 0 Å². The van der Waals surface area contributed by atoms with E-state index >= 15 is 0 Å². The molecule has 0 unspecified atom stereocenters. The van der Waals surface area contributed by atoms with Crippen molar-refractivity contribution in [1.29, 1.82) is 0 Å². The summed E-state index contributed by atoms with van der Waals surface area (Å²) in [5, 5.41) is 2.82. The van der Waals surface area contributed by atoms with Crippen LogP contribution in [-0.2, 0) is 0 Å². The lowest BCUT2D eigenvalue weighted by Crippen LogP contribution is -1.86. The quantitative estimate of drug-likeness (QED) is 0.714. The maximum absolute atomic E-state index is 5.66. The first-order chi connectivity index (χ1) is 8.83. The van der Waals surface area contributed by atoms with E-state index in [0.717, 1.165) is 22.0 Å². The van der Waals surface area contributed by atoms with Crippen LogP contribution in [0.1, 0.15) is 0 Å². The molecule has 0 saturated heterocycles. The average molecular weight is 254 g/mol. The minimum atomic E-state index is 0.657. The Hall–Kier alpha value is -2.27. The molecule has 0 spiro atoms. The van der Waals surface area contributed by atoms with E-state index in [9.17, 15) is 0 Å². The predicted octanol–water partition coefficient (Wildman–Crippen LogP) is 2.85. The highest BCUT2D eigenvalue weighted by Crippen LogP contribution is 2.26. The van der Waals surface area contributed by atoms with E-state index in [1.54, 1.807) is 18.5 Å². The minimum absolute atomic E-state index is 0.657. The molecule has 0 aliphatic carbocycles. The standard InChI is InChI=1S/C13H10N4S/c14-10-4-2-9(3-5-10)11-8-18-13(17-11)12-15-6-1-7-16-12/h1-8H,14H2. The molecule has 4 nitrogen and oxygen atoms in total. The Labute approximate surface area is 108 Å². The summed E-state index contributed by atoms with van der Waals surface area (Å²) in [4.78, 5) is 12.9. The summed E-state index contributed by atoms with van der Waals surface area (Å²) in [7, 11) is 0. The molecule has 0 aliphatic heterocycles. The Morgan fingerprint density at radius 3 is 2.44 bits per heavy atom. The number of aromatic nitrogens is 3. The predicted molar refractivity (Wildman–Crippen MR) is 73.0 cm³/mol. The van der Waals surface area contributed by atoms with Gasteiger partial charge in [0.25, 0.3) is 0 Å². The first kappa shape index (κ1) is 10.9. The van der Waals surface area contributed by atoms with Gasteiger partial charge in [0.15, 0.2) is 10.8 Å². The fraction of sp³-hybridized carbons (Fsp3) is 0. The molecule has 18 heavy (non-hydrogen) atoms. The molecule has 1 aromatic carbocycles. The molecule has 88 valence electrons. The summed E-state index contributed by atoms with van der Waals surface area (Å²) < 4.78 is 0. The second kappa shape index (κ2) is 4.54. The van der Waals surface area contributed by atoms with Crippen molar-refractivity contribution in [2.45, 2.75) is 0 Å². The zero-order chi connectivity index (χ0) is 12.4. The number of nitrogens with zero attached hydrogens (tertiary/aromatic N) is 3. The Bertz CT molecular complexity index is 646. The third-order valence-electron chi connectivity index (χ3n) is 2.47. The van der Waals surface area contributed by atoms with Gasteiger partial charge in [-0.1, -0.05) is 12.1 Å². The van der Waals surface area contributed by atoms with Crippen molar-refractivity contribution in [3.05, 3.63) is 48.1 Å². The van der Waals surface area contributed by atoms with Gasteiger partial charge in [0.1, 0.15) is 0 Å². The molecule has 3 aromatic rings. The molecular weight excluding hydrogens is 244 g/mol. The van der Waals surface area contributed by atoms with Crippen LogP contribution in [0, 0.1) is 0 Å². The molecule has 0 radical (unpaired) electrons. The van der Waals surface area contributed by atoms with Crippen molar-refractivity contribution in [2.75, 3.05) is 5.73 Å². The van der Waals surface area contributed by atoms with Crippen LogP contribution in [0.3, 0.4) is 0 Å². The molecule has 0 amide bonds. The summed E-state index contributed by atoms with van der Waals surface area (Å²) in [5.41, 5.74) is 8.38. The van der Waals surface area contributed by atoms with Gasteiger partial charge in [0.2, 0.25) is 0 Å². The van der Waals surface area contributed by atoms with Crippen molar-refractivity contribution in [3.63, 3.8) is 0 Å². The highest BCUT2D eigenvalue weighted by molar-refractivity contribution is 7.13. The van der Waals surface area contributed by atoms with Gasteiger partial charge >= 0.3 is 0 Å². The monoisotopic (exact) mass is 254 g/mol. The van der Waals surface area contributed by atoms with Gasteiger partial charge in [0, 0.05) is 29.0 Å². The molecular formula is C13H10N4S. The first-order valence-corrected chi connectivity index (χ1v) is 6.30. The van der Waals surface area contributed by atoms with E-state index in [1.807, 2.05) is 29.6 Å². The molecule has 0 aliphatic rings. The second-order valence-electron chi connectivity index (χ2n) is 3.73. The van der Waals surface area contributed by atoms with Crippen LogP contribution < -0.4 is 5.73 Å². The van der Waals surface area contributed by atoms with Gasteiger partial charge in [-0.2, -0.15) is 0 Å². The van der Waals surface area contributed by atoms with E-state index in [0.29, 0.717) is 5.82 Å². The lowest BCUT2D eigenvalue weighted by molar-refractivity contribution is 1.16. The SMILES string of the molecule is Nc1ccc(-c2csc(-c3ncccn3)n2)cc1. The smallest absolute Gasteiger partial charge is 0.188 e. The van der Waals surface area contributed by atoms with Crippen molar-refractivity contribution >= 4 is 17.0 Å². The number of thiazole rings is 1. The summed E-state index contributed by atoms with van der Waals surface area (Å²) in [6, 6.07) is 9.44. The van der Waals surface area contributed by atoms with Crippen LogP contribution in [0.2, 0.25) is 0 Å². The number of hydrogen-bond acceptors (Lipinski definition) is 5. The average Bonchev–Trinajstić information content (AvgIpc) is 2.90. The molecule has 0 saturated carbocycles. The maximum Gasteiger partial charge on any atom is 0.188 e. The molecule has 0 fully saturated rings. The maximum atomic E-state index is 5.66. The van der Waals surface area contributed by atoms with Crippen LogP contribution in [-0.4, -0.2) is 15.0 Å². The second-order valence-corrected chi connectivity index (χ2v) is 4.59. The Morgan fingerprint density at radius 1 is 1.00 bits per heavy atom. The van der Waals surface area contributed by atoms with Crippen molar-refractivity contribution in [1.82, 2.24) is 15.0 Å². The lowest BCUT2D eigenvalue weighted by Gasteiger charge is -1.97. The largest absolute Gasteiger partial charge is 0.399 e. The van der Waals surface area contributed by atoms with Gasteiger partial charge in [0.05, 0.1) is 5.69 Å². The van der Waals surface area contributed by atoms with Crippen LogP contribution >= 0.6 is 11.3 Å². The van der Waals surface area contributed by atoms with Gasteiger partial charge in [-0.25, -0.2) is 15.0 Å². The Balaban J connectivity index is 1.97. The number of benzene rings is 1. The van der Waals surface area contributed by atoms with Gasteiger partial charge in [-0.05, 0) is 18.2 Å². The molecule has 2 heterocycles. The third-order valence-corrected chi connectivity index (χ3v) is 3.31. The summed E-state index contributed by atoms with van der Waals surface area (Å²) >= 11 is 1.53. The van der Waals surface area contributed by atoms with E-state index in [1.165, 1.54) is 11.3 Å². The van der Waals surface area contributed by atoms with E-state index in [-0.39, 0.29) is 0 Å².